The van der Waals surface area contributed by atoms with Crippen molar-refractivity contribution in [3.8, 4) is 0 Å². The minimum Gasteiger partial charge on any atom is -0.480 e. The average molecular weight is 191 g/mol. The number of thioether (sulfide) groups is 1. The standard InChI is InChI=1S/C8H17NO2S/c1-3-6(2)4-12-5-7(9)8(10)11/h6-7H,3-5,9H2,1-2H3,(H,10,11)/t6?,7-/m1/s1. The molecule has 0 amide bonds. The molecule has 0 fully saturated rings. The number of rotatable bonds is 6. The zero-order valence-electron chi connectivity index (χ0n) is 7.62. The van der Waals surface area contributed by atoms with Gasteiger partial charge < -0.3 is 10.8 Å². The van der Waals surface area contributed by atoms with Gasteiger partial charge in [-0.15, -0.1) is 0 Å². The molecule has 1 unspecified atom stereocenters. The topological polar surface area (TPSA) is 63.3 Å². The van der Waals surface area contributed by atoms with Gasteiger partial charge in [0.05, 0.1) is 0 Å². The van der Waals surface area contributed by atoms with Gasteiger partial charge in [0, 0.05) is 5.75 Å². The van der Waals surface area contributed by atoms with E-state index in [4.69, 9.17) is 10.8 Å². The molecule has 4 heteroatoms. The zero-order valence-corrected chi connectivity index (χ0v) is 8.43. The van der Waals surface area contributed by atoms with Gasteiger partial charge in [-0.1, -0.05) is 20.3 Å². The molecule has 0 bridgehead atoms. The Morgan fingerprint density at radius 1 is 1.58 bits per heavy atom. The quantitative estimate of drug-likeness (QED) is 0.661. The van der Waals surface area contributed by atoms with Crippen LogP contribution in [0.15, 0.2) is 0 Å². The molecule has 2 atom stereocenters. The van der Waals surface area contributed by atoms with Crippen molar-refractivity contribution in [3.05, 3.63) is 0 Å². The summed E-state index contributed by atoms with van der Waals surface area (Å²) in [6, 6.07) is -0.709. The van der Waals surface area contributed by atoms with E-state index in [1.807, 2.05) is 0 Å². The number of carboxylic acid groups (broad SMARTS) is 1. The zero-order chi connectivity index (χ0) is 9.56. The maximum atomic E-state index is 10.3. The van der Waals surface area contributed by atoms with Crippen LogP contribution in [-0.4, -0.2) is 28.6 Å². The van der Waals surface area contributed by atoms with Crippen LogP contribution < -0.4 is 5.73 Å². The van der Waals surface area contributed by atoms with Gasteiger partial charge in [-0.05, 0) is 11.7 Å². The van der Waals surface area contributed by atoms with Crippen LogP contribution in [0.25, 0.3) is 0 Å². The first-order valence-electron chi connectivity index (χ1n) is 4.14. The Balaban J connectivity index is 3.37. The number of hydrogen-bond acceptors (Lipinski definition) is 3. The fourth-order valence-corrected chi connectivity index (χ4v) is 1.76. The summed E-state index contributed by atoms with van der Waals surface area (Å²) in [6.07, 6.45) is 1.13. The summed E-state index contributed by atoms with van der Waals surface area (Å²) >= 11 is 1.62. The molecular formula is C8H17NO2S. The molecule has 0 radical (unpaired) electrons. The molecule has 12 heavy (non-hydrogen) atoms. The van der Waals surface area contributed by atoms with Crippen molar-refractivity contribution in [2.24, 2.45) is 11.7 Å². The second-order valence-electron chi connectivity index (χ2n) is 3.00. The lowest BCUT2D eigenvalue weighted by molar-refractivity contribution is -0.137. The van der Waals surface area contributed by atoms with Crippen LogP contribution >= 0.6 is 11.8 Å². The molecule has 3 nitrogen and oxygen atoms in total. The molecule has 3 N–H and O–H groups in total. The van der Waals surface area contributed by atoms with E-state index in [-0.39, 0.29) is 0 Å². The Hall–Kier alpha value is -0.220. The van der Waals surface area contributed by atoms with E-state index < -0.39 is 12.0 Å². The number of carbonyl (C=O) groups is 1. The van der Waals surface area contributed by atoms with Gasteiger partial charge in [0.15, 0.2) is 0 Å². The van der Waals surface area contributed by atoms with Crippen LogP contribution in [0, 0.1) is 5.92 Å². The van der Waals surface area contributed by atoms with Crippen molar-refractivity contribution < 1.29 is 9.90 Å². The number of carboxylic acids is 1. The molecule has 0 spiro atoms. The SMILES string of the molecule is CCC(C)CSC[C@@H](N)C(=O)O. The van der Waals surface area contributed by atoms with Crippen LogP contribution in [-0.2, 0) is 4.79 Å². The summed E-state index contributed by atoms with van der Waals surface area (Å²) < 4.78 is 0. The molecule has 0 aromatic heterocycles. The highest BCUT2D eigenvalue weighted by Crippen LogP contribution is 2.11. The summed E-state index contributed by atoms with van der Waals surface area (Å²) in [5.74, 6) is 1.25. The normalized spacial score (nSPS) is 15.6. The summed E-state index contributed by atoms with van der Waals surface area (Å²) in [7, 11) is 0. The monoisotopic (exact) mass is 191 g/mol. The summed E-state index contributed by atoms with van der Waals surface area (Å²) in [5.41, 5.74) is 5.32. The molecule has 0 saturated heterocycles. The van der Waals surface area contributed by atoms with E-state index in [2.05, 4.69) is 13.8 Å². The van der Waals surface area contributed by atoms with Gasteiger partial charge in [0.25, 0.3) is 0 Å². The lowest BCUT2D eigenvalue weighted by Gasteiger charge is -2.09. The van der Waals surface area contributed by atoms with Gasteiger partial charge in [-0.25, -0.2) is 0 Å². The van der Waals surface area contributed by atoms with E-state index >= 15 is 0 Å². The number of aliphatic carboxylic acids is 1. The van der Waals surface area contributed by atoms with Crippen LogP contribution in [0.3, 0.4) is 0 Å². The van der Waals surface area contributed by atoms with Gasteiger partial charge in [-0.2, -0.15) is 11.8 Å². The predicted molar refractivity (Wildman–Crippen MR) is 52.4 cm³/mol. The van der Waals surface area contributed by atoms with E-state index in [1.54, 1.807) is 11.8 Å². The third-order valence-corrected chi connectivity index (χ3v) is 3.11. The minimum atomic E-state index is -0.911. The molecule has 0 aliphatic rings. The largest absolute Gasteiger partial charge is 0.480 e. The molecule has 0 aliphatic heterocycles. The van der Waals surface area contributed by atoms with Crippen LogP contribution in [0.4, 0.5) is 0 Å². The highest BCUT2D eigenvalue weighted by Gasteiger charge is 2.11. The molecule has 72 valence electrons. The van der Waals surface area contributed by atoms with Crippen molar-refractivity contribution in [1.29, 1.82) is 0 Å². The van der Waals surface area contributed by atoms with Crippen molar-refractivity contribution in [3.63, 3.8) is 0 Å². The maximum absolute atomic E-state index is 10.3. The van der Waals surface area contributed by atoms with E-state index in [0.29, 0.717) is 11.7 Å². The number of hydrogen-bond donors (Lipinski definition) is 2. The molecule has 0 aromatic carbocycles. The molecule has 0 aromatic rings. The molecular weight excluding hydrogens is 174 g/mol. The van der Waals surface area contributed by atoms with Crippen LogP contribution in [0.1, 0.15) is 20.3 Å². The fourth-order valence-electron chi connectivity index (χ4n) is 0.585. The maximum Gasteiger partial charge on any atom is 0.321 e. The molecule has 0 aliphatic carbocycles. The third-order valence-electron chi connectivity index (χ3n) is 1.71. The first-order chi connectivity index (χ1) is 5.57. The first-order valence-corrected chi connectivity index (χ1v) is 5.29. The van der Waals surface area contributed by atoms with E-state index in [1.165, 1.54) is 0 Å². The first kappa shape index (κ1) is 11.8. The number of nitrogens with two attached hydrogens (primary N) is 1. The summed E-state index contributed by atoms with van der Waals surface area (Å²) in [5, 5.41) is 8.47. The summed E-state index contributed by atoms with van der Waals surface area (Å²) in [6.45, 7) is 4.28. The van der Waals surface area contributed by atoms with Gasteiger partial charge in [-0.3, -0.25) is 4.79 Å². The van der Waals surface area contributed by atoms with Gasteiger partial charge in [0.2, 0.25) is 0 Å². The Labute approximate surface area is 77.7 Å². The highest BCUT2D eigenvalue weighted by molar-refractivity contribution is 7.99. The van der Waals surface area contributed by atoms with Gasteiger partial charge in [0.1, 0.15) is 6.04 Å². The Morgan fingerprint density at radius 2 is 2.17 bits per heavy atom. The van der Waals surface area contributed by atoms with Gasteiger partial charge >= 0.3 is 5.97 Å². The minimum absolute atomic E-state index is 0.514. The molecule has 0 saturated carbocycles. The van der Waals surface area contributed by atoms with Crippen molar-refractivity contribution in [2.75, 3.05) is 11.5 Å². The highest BCUT2D eigenvalue weighted by atomic mass is 32.2. The Kier molecular flexibility index (Phi) is 6.20. The summed E-state index contributed by atoms with van der Waals surface area (Å²) in [4.78, 5) is 10.3. The van der Waals surface area contributed by atoms with Crippen molar-refractivity contribution in [2.45, 2.75) is 26.3 Å². The third kappa shape index (κ3) is 5.43. The predicted octanol–water partition coefficient (Wildman–Crippen LogP) is 1.18. The second-order valence-corrected chi connectivity index (χ2v) is 4.07. The van der Waals surface area contributed by atoms with Crippen molar-refractivity contribution >= 4 is 17.7 Å². The van der Waals surface area contributed by atoms with Crippen LogP contribution in [0.5, 0.6) is 0 Å². The smallest absolute Gasteiger partial charge is 0.321 e. The molecule has 0 rings (SSSR count). The van der Waals surface area contributed by atoms with Crippen molar-refractivity contribution in [1.82, 2.24) is 0 Å². The lowest BCUT2D eigenvalue weighted by atomic mass is 10.2. The van der Waals surface area contributed by atoms with E-state index in [9.17, 15) is 4.79 Å². The Morgan fingerprint density at radius 3 is 2.58 bits per heavy atom. The average Bonchev–Trinajstić information content (AvgIpc) is 2.03. The van der Waals surface area contributed by atoms with Crippen LogP contribution in [0.2, 0.25) is 0 Å². The Bertz CT molecular complexity index is 141. The van der Waals surface area contributed by atoms with E-state index in [0.717, 1.165) is 12.2 Å². The lowest BCUT2D eigenvalue weighted by Crippen LogP contribution is -2.32. The second kappa shape index (κ2) is 6.31. The fraction of sp³-hybridized carbons (Fsp3) is 0.875. The molecule has 0 heterocycles.